The van der Waals surface area contributed by atoms with Crippen molar-refractivity contribution in [2.75, 3.05) is 6.61 Å². The Bertz CT molecular complexity index is 241. The smallest absolute Gasteiger partial charge is 0.343 e. The minimum Gasteiger partial charge on any atom is -0.464 e. The fraction of sp³-hybridized carbons (Fsp3) is 0.800. The Balaban J connectivity index is 2.65. The van der Waals surface area contributed by atoms with Crippen molar-refractivity contribution in [3.8, 4) is 0 Å². The summed E-state index contributed by atoms with van der Waals surface area (Å²) in [5.74, 6) is -0.734. The van der Waals surface area contributed by atoms with Crippen LogP contribution in [0.3, 0.4) is 0 Å². The van der Waals surface area contributed by atoms with Crippen LogP contribution in [0.15, 0.2) is 0 Å². The maximum atomic E-state index is 11.4. The molecule has 1 rings (SSSR count). The molecule has 4 heteroatoms. The van der Waals surface area contributed by atoms with Gasteiger partial charge >= 0.3 is 5.97 Å². The van der Waals surface area contributed by atoms with Crippen LogP contribution in [0.25, 0.3) is 0 Å². The van der Waals surface area contributed by atoms with Crippen molar-refractivity contribution in [3.05, 3.63) is 0 Å². The fourth-order valence-corrected chi connectivity index (χ4v) is 1.46. The van der Waals surface area contributed by atoms with E-state index in [1.165, 1.54) is 0 Å². The summed E-state index contributed by atoms with van der Waals surface area (Å²) < 4.78 is 10.1. The Morgan fingerprint density at radius 3 is 2.71 bits per heavy atom. The zero-order chi connectivity index (χ0) is 10.8. The van der Waals surface area contributed by atoms with E-state index in [9.17, 15) is 9.59 Å². The molecule has 0 bridgehead atoms. The van der Waals surface area contributed by atoms with Crippen LogP contribution in [-0.2, 0) is 19.1 Å². The van der Waals surface area contributed by atoms with Gasteiger partial charge in [-0.25, -0.2) is 4.79 Å². The summed E-state index contributed by atoms with van der Waals surface area (Å²) >= 11 is 0. The number of hydrogen-bond donors (Lipinski definition) is 0. The number of ether oxygens (including phenoxy) is 2. The fourth-order valence-electron chi connectivity index (χ4n) is 1.46. The minimum atomic E-state index is -1.00. The van der Waals surface area contributed by atoms with Gasteiger partial charge in [0.1, 0.15) is 0 Å². The van der Waals surface area contributed by atoms with Gasteiger partial charge in [-0.3, -0.25) is 4.79 Å². The molecule has 2 atom stereocenters. The van der Waals surface area contributed by atoms with Gasteiger partial charge in [0.15, 0.2) is 5.78 Å². The van der Waals surface area contributed by atoms with Crippen molar-refractivity contribution in [1.82, 2.24) is 0 Å². The molecule has 2 unspecified atom stereocenters. The molecule has 14 heavy (non-hydrogen) atoms. The van der Waals surface area contributed by atoms with Crippen molar-refractivity contribution < 1.29 is 19.1 Å². The van der Waals surface area contributed by atoms with Gasteiger partial charge in [-0.05, 0) is 20.3 Å². The van der Waals surface area contributed by atoms with Gasteiger partial charge in [0.25, 0.3) is 0 Å². The van der Waals surface area contributed by atoms with Crippen molar-refractivity contribution in [3.63, 3.8) is 0 Å². The Morgan fingerprint density at radius 2 is 2.29 bits per heavy atom. The molecule has 4 nitrogen and oxygen atoms in total. The van der Waals surface area contributed by atoms with E-state index in [2.05, 4.69) is 0 Å². The number of hydrogen-bond acceptors (Lipinski definition) is 4. The van der Waals surface area contributed by atoms with E-state index in [1.807, 2.05) is 13.8 Å². The third kappa shape index (κ3) is 2.12. The van der Waals surface area contributed by atoms with Gasteiger partial charge < -0.3 is 9.47 Å². The third-order valence-electron chi connectivity index (χ3n) is 2.49. The first-order valence-corrected chi connectivity index (χ1v) is 4.89. The number of carbonyl (C=O) groups excluding carboxylic acids is 2. The zero-order valence-electron chi connectivity index (χ0n) is 8.83. The second kappa shape index (κ2) is 4.09. The van der Waals surface area contributed by atoms with E-state index in [0.29, 0.717) is 12.8 Å². The molecule has 0 spiro atoms. The first kappa shape index (κ1) is 11.2. The molecule has 0 aromatic rings. The molecule has 0 radical (unpaired) electrons. The molecule has 1 saturated heterocycles. The average molecular weight is 200 g/mol. The molecule has 0 amide bonds. The van der Waals surface area contributed by atoms with Crippen molar-refractivity contribution in [2.45, 2.75) is 45.3 Å². The van der Waals surface area contributed by atoms with Crippen LogP contribution in [0.5, 0.6) is 0 Å². The summed E-state index contributed by atoms with van der Waals surface area (Å²) in [5, 5.41) is 0. The van der Waals surface area contributed by atoms with E-state index in [-0.39, 0.29) is 12.4 Å². The number of Topliss-reactive ketones (excluding diaryl/α,β-unsaturated/α-hetero) is 1. The third-order valence-corrected chi connectivity index (χ3v) is 2.49. The molecular formula is C10H16O4. The molecule has 80 valence electrons. The molecular weight excluding hydrogens is 184 g/mol. The van der Waals surface area contributed by atoms with Crippen molar-refractivity contribution >= 4 is 11.8 Å². The molecule has 1 heterocycles. The second-order valence-corrected chi connectivity index (χ2v) is 3.70. The molecule has 0 aliphatic carbocycles. The monoisotopic (exact) mass is 200 g/mol. The van der Waals surface area contributed by atoms with Gasteiger partial charge in [-0.2, -0.15) is 0 Å². The topological polar surface area (TPSA) is 52.6 Å². The maximum absolute atomic E-state index is 11.4. The number of rotatable bonds is 3. The standard InChI is InChI=1S/C10H16O4/c1-4-10(3)6-7(11)8(14-10)9(12)13-5-2/h8H,4-6H2,1-3H3. The first-order valence-electron chi connectivity index (χ1n) is 4.89. The van der Waals surface area contributed by atoms with Crippen LogP contribution in [-0.4, -0.2) is 30.1 Å². The highest BCUT2D eigenvalue weighted by Crippen LogP contribution is 2.30. The molecule has 1 aliphatic rings. The number of ketones is 1. The molecule has 0 aromatic carbocycles. The lowest BCUT2D eigenvalue weighted by molar-refractivity contribution is -0.161. The predicted molar refractivity (Wildman–Crippen MR) is 49.8 cm³/mol. The van der Waals surface area contributed by atoms with E-state index < -0.39 is 17.7 Å². The highest BCUT2D eigenvalue weighted by Gasteiger charge is 2.45. The lowest BCUT2D eigenvalue weighted by Crippen LogP contribution is -2.31. The van der Waals surface area contributed by atoms with Crippen LogP contribution >= 0.6 is 0 Å². The second-order valence-electron chi connectivity index (χ2n) is 3.70. The van der Waals surface area contributed by atoms with Gasteiger partial charge in [0, 0.05) is 6.42 Å². The number of esters is 1. The first-order chi connectivity index (χ1) is 6.52. The SMILES string of the molecule is CCOC(=O)C1OC(C)(CC)CC1=O. The largest absolute Gasteiger partial charge is 0.464 e. The van der Waals surface area contributed by atoms with Crippen LogP contribution in [0, 0.1) is 0 Å². The van der Waals surface area contributed by atoms with Crippen molar-refractivity contribution in [1.29, 1.82) is 0 Å². The molecule has 0 saturated carbocycles. The Labute approximate surface area is 83.6 Å². The van der Waals surface area contributed by atoms with E-state index >= 15 is 0 Å². The lowest BCUT2D eigenvalue weighted by Gasteiger charge is -2.20. The van der Waals surface area contributed by atoms with Gasteiger partial charge in [0.2, 0.25) is 6.10 Å². The molecule has 1 aliphatic heterocycles. The Hall–Kier alpha value is -0.900. The summed E-state index contributed by atoms with van der Waals surface area (Å²) in [5.41, 5.74) is -0.492. The van der Waals surface area contributed by atoms with Crippen LogP contribution in [0.1, 0.15) is 33.6 Å². The summed E-state index contributed by atoms with van der Waals surface area (Å²) in [7, 11) is 0. The summed E-state index contributed by atoms with van der Waals surface area (Å²) in [6, 6.07) is 0. The van der Waals surface area contributed by atoms with Gasteiger partial charge in [0.05, 0.1) is 12.2 Å². The van der Waals surface area contributed by atoms with Crippen LogP contribution in [0.4, 0.5) is 0 Å². The Kier molecular flexibility index (Phi) is 3.26. The highest BCUT2D eigenvalue weighted by molar-refractivity contribution is 6.03. The normalized spacial score (nSPS) is 31.9. The predicted octanol–water partition coefficient (Wildman–Crippen LogP) is 1.08. The quantitative estimate of drug-likeness (QED) is 0.505. The van der Waals surface area contributed by atoms with E-state index in [1.54, 1.807) is 6.92 Å². The highest BCUT2D eigenvalue weighted by atomic mass is 16.6. The van der Waals surface area contributed by atoms with Crippen molar-refractivity contribution in [2.24, 2.45) is 0 Å². The molecule has 0 N–H and O–H groups in total. The lowest BCUT2D eigenvalue weighted by atomic mass is 9.99. The Morgan fingerprint density at radius 1 is 1.64 bits per heavy atom. The summed E-state index contributed by atoms with van der Waals surface area (Å²) in [4.78, 5) is 22.7. The molecule has 1 fully saturated rings. The van der Waals surface area contributed by atoms with Gasteiger partial charge in [-0.1, -0.05) is 6.92 Å². The van der Waals surface area contributed by atoms with Gasteiger partial charge in [-0.15, -0.1) is 0 Å². The molecule has 0 aromatic heterocycles. The van der Waals surface area contributed by atoms with Crippen LogP contribution in [0.2, 0.25) is 0 Å². The summed E-state index contributed by atoms with van der Waals surface area (Å²) in [6.07, 6.45) is 0.0154. The van der Waals surface area contributed by atoms with E-state index in [0.717, 1.165) is 0 Å². The minimum absolute atomic E-state index is 0.173. The summed E-state index contributed by atoms with van der Waals surface area (Å²) in [6.45, 7) is 5.75. The number of carbonyl (C=O) groups is 2. The average Bonchev–Trinajstić information content (AvgIpc) is 2.43. The zero-order valence-corrected chi connectivity index (χ0v) is 8.83. The maximum Gasteiger partial charge on any atom is 0.343 e. The van der Waals surface area contributed by atoms with Crippen LogP contribution < -0.4 is 0 Å². The van der Waals surface area contributed by atoms with E-state index in [4.69, 9.17) is 9.47 Å².